The third-order valence-electron chi connectivity index (χ3n) is 4.50. The molecule has 0 saturated heterocycles. The summed E-state index contributed by atoms with van der Waals surface area (Å²) in [5.41, 5.74) is 3.60. The zero-order chi connectivity index (χ0) is 18.8. The van der Waals surface area contributed by atoms with Crippen LogP contribution in [0, 0.1) is 0 Å². The lowest BCUT2D eigenvalue weighted by Gasteiger charge is -2.16. The van der Waals surface area contributed by atoms with Gasteiger partial charge in [0.25, 0.3) is 11.8 Å². The van der Waals surface area contributed by atoms with Gasteiger partial charge in [-0.1, -0.05) is 62.7 Å². The molecule has 1 aliphatic heterocycles. The van der Waals surface area contributed by atoms with Gasteiger partial charge in [-0.3, -0.25) is 9.59 Å². The van der Waals surface area contributed by atoms with E-state index in [0.717, 1.165) is 28.1 Å². The molecule has 0 unspecified atom stereocenters. The van der Waals surface area contributed by atoms with Crippen molar-refractivity contribution >= 4 is 34.8 Å². The normalized spacial score (nSPS) is 14.6. The second-order valence-electron chi connectivity index (χ2n) is 6.52. The Morgan fingerprint density at radius 2 is 1.65 bits per heavy atom. The summed E-state index contributed by atoms with van der Waals surface area (Å²) in [6, 6.07) is 15.0. The van der Waals surface area contributed by atoms with Crippen molar-refractivity contribution in [1.82, 2.24) is 0 Å². The van der Waals surface area contributed by atoms with Crippen LogP contribution >= 0.6 is 11.6 Å². The SMILES string of the molecule is CCc1ccccc1NC1=C(Cl)C(=O)N(c2ccc(C(C)C)cc2)C1=O. The van der Waals surface area contributed by atoms with E-state index in [1.165, 1.54) is 0 Å². The lowest BCUT2D eigenvalue weighted by atomic mass is 10.0. The Morgan fingerprint density at radius 1 is 1.00 bits per heavy atom. The maximum Gasteiger partial charge on any atom is 0.283 e. The number of halogens is 1. The van der Waals surface area contributed by atoms with Crippen molar-refractivity contribution in [3.8, 4) is 0 Å². The Labute approximate surface area is 158 Å². The summed E-state index contributed by atoms with van der Waals surface area (Å²) >= 11 is 6.20. The molecule has 3 rings (SSSR count). The number of hydrogen-bond donors (Lipinski definition) is 1. The second kappa shape index (κ2) is 7.34. The number of hydrogen-bond acceptors (Lipinski definition) is 3. The molecule has 0 bridgehead atoms. The number of imide groups is 1. The highest BCUT2D eigenvalue weighted by Gasteiger charge is 2.39. The number of benzene rings is 2. The third-order valence-corrected chi connectivity index (χ3v) is 4.85. The molecule has 26 heavy (non-hydrogen) atoms. The number of nitrogens with one attached hydrogen (secondary N) is 1. The van der Waals surface area contributed by atoms with Gasteiger partial charge in [-0.25, -0.2) is 4.90 Å². The lowest BCUT2D eigenvalue weighted by Crippen LogP contribution is -2.32. The molecule has 0 radical (unpaired) electrons. The predicted molar refractivity (Wildman–Crippen MR) is 105 cm³/mol. The summed E-state index contributed by atoms with van der Waals surface area (Å²) in [4.78, 5) is 26.5. The first-order valence-electron chi connectivity index (χ1n) is 8.67. The smallest absolute Gasteiger partial charge is 0.283 e. The average Bonchev–Trinajstić information content (AvgIpc) is 2.85. The van der Waals surface area contributed by atoms with E-state index in [1.807, 2.05) is 43.3 Å². The summed E-state index contributed by atoms with van der Waals surface area (Å²) in [6.45, 7) is 6.21. The van der Waals surface area contributed by atoms with Crippen LogP contribution in [-0.4, -0.2) is 11.8 Å². The molecule has 0 saturated carbocycles. The van der Waals surface area contributed by atoms with Crippen LogP contribution in [-0.2, 0) is 16.0 Å². The van der Waals surface area contributed by atoms with Crippen molar-refractivity contribution < 1.29 is 9.59 Å². The quantitative estimate of drug-likeness (QED) is 0.770. The molecular weight excluding hydrogens is 348 g/mol. The first kappa shape index (κ1) is 18.2. The minimum atomic E-state index is -0.509. The molecule has 1 N–H and O–H groups in total. The maximum absolute atomic E-state index is 12.8. The molecule has 0 atom stereocenters. The molecule has 0 aromatic heterocycles. The predicted octanol–water partition coefficient (Wildman–Crippen LogP) is 4.81. The fourth-order valence-corrected chi connectivity index (χ4v) is 3.15. The minimum Gasteiger partial charge on any atom is -0.349 e. The zero-order valence-electron chi connectivity index (χ0n) is 15.0. The third kappa shape index (κ3) is 3.25. The number of nitrogens with zero attached hydrogens (tertiary/aromatic N) is 1. The maximum atomic E-state index is 12.8. The van der Waals surface area contributed by atoms with Crippen molar-refractivity contribution in [3.05, 3.63) is 70.4 Å². The van der Waals surface area contributed by atoms with Gasteiger partial charge in [0.1, 0.15) is 10.7 Å². The van der Waals surface area contributed by atoms with Gasteiger partial charge in [-0.2, -0.15) is 0 Å². The van der Waals surface area contributed by atoms with Crippen LogP contribution in [0.4, 0.5) is 11.4 Å². The number of amides is 2. The molecule has 2 amide bonds. The van der Waals surface area contributed by atoms with Crippen LogP contribution in [0.25, 0.3) is 0 Å². The average molecular weight is 369 g/mol. The Balaban J connectivity index is 1.90. The van der Waals surface area contributed by atoms with Crippen LogP contribution in [0.5, 0.6) is 0 Å². The molecule has 0 fully saturated rings. The second-order valence-corrected chi connectivity index (χ2v) is 6.89. The summed E-state index contributed by atoms with van der Waals surface area (Å²) in [5.74, 6) is -0.577. The molecule has 5 heteroatoms. The Hall–Kier alpha value is -2.59. The van der Waals surface area contributed by atoms with Crippen molar-refractivity contribution in [2.45, 2.75) is 33.1 Å². The first-order valence-corrected chi connectivity index (χ1v) is 9.05. The minimum absolute atomic E-state index is 0.0890. The van der Waals surface area contributed by atoms with E-state index in [2.05, 4.69) is 19.2 Å². The van der Waals surface area contributed by atoms with Crippen molar-refractivity contribution in [1.29, 1.82) is 0 Å². The van der Waals surface area contributed by atoms with Crippen LogP contribution in [0.15, 0.2) is 59.3 Å². The Kier molecular flexibility index (Phi) is 5.14. The molecule has 4 nitrogen and oxygen atoms in total. The van der Waals surface area contributed by atoms with Crippen LogP contribution in [0.2, 0.25) is 0 Å². The number of rotatable bonds is 5. The van der Waals surface area contributed by atoms with Gasteiger partial charge in [0.15, 0.2) is 0 Å². The number of carbonyl (C=O) groups excluding carboxylic acids is 2. The fourth-order valence-electron chi connectivity index (χ4n) is 2.94. The Bertz CT molecular complexity index is 885. The highest BCUT2D eigenvalue weighted by atomic mass is 35.5. The molecule has 2 aromatic carbocycles. The molecule has 1 heterocycles. The summed E-state index contributed by atoms with van der Waals surface area (Å²) in [7, 11) is 0. The van der Waals surface area contributed by atoms with Crippen LogP contribution < -0.4 is 10.2 Å². The molecule has 134 valence electrons. The van der Waals surface area contributed by atoms with Gasteiger partial charge < -0.3 is 5.32 Å². The van der Waals surface area contributed by atoms with Crippen LogP contribution in [0.1, 0.15) is 37.8 Å². The summed E-state index contributed by atoms with van der Waals surface area (Å²) < 4.78 is 0. The monoisotopic (exact) mass is 368 g/mol. The zero-order valence-corrected chi connectivity index (χ0v) is 15.8. The van der Waals surface area contributed by atoms with E-state index < -0.39 is 11.8 Å². The number of aryl methyl sites for hydroxylation is 1. The number of para-hydroxylation sites is 1. The number of carbonyl (C=O) groups is 2. The number of anilines is 2. The van der Waals surface area contributed by atoms with E-state index in [4.69, 9.17) is 11.6 Å². The molecule has 0 spiro atoms. The van der Waals surface area contributed by atoms with Crippen molar-refractivity contribution in [2.24, 2.45) is 0 Å². The standard InChI is InChI=1S/C21H21ClN2O2/c1-4-14-7-5-6-8-17(14)23-19-18(22)20(25)24(21(19)26)16-11-9-15(10-12-16)13(2)3/h5-13,23H,4H2,1-3H3. The highest BCUT2D eigenvalue weighted by molar-refractivity contribution is 6.53. The largest absolute Gasteiger partial charge is 0.349 e. The van der Waals surface area contributed by atoms with E-state index in [1.54, 1.807) is 12.1 Å². The van der Waals surface area contributed by atoms with E-state index in [9.17, 15) is 9.59 Å². The molecule has 0 aliphatic carbocycles. The van der Waals surface area contributed by atoms with Gasteiger partial charge in [-0.15, -0.1) is 0 Å². The fraction of sp³-hybridized carbons (Fsp3) is 0.238. The van der Waals surface area contributed by atoms with Crippen molar-refractivity contribution in [3.63, 3.8) is 0 Å². The lowest BCUT2D eigenvalue weighted by molar-refractivity contribution is -0.120. The summed E-state index contributed by atoms with van der Waals surface area (Å²) in [5, 5.41) is 2.97. The molecule has 1 aliphatic rings. The highest BCUT2D eigenvalue weighted by Crippen LogP contribution is 2.31. The molecular formula is C21H21ClN2O2. The summed E-state index contributed by atoms with van der Waals surface area (Å²) in [6.07, 6.45) is 0.802. The first-order chi connectivity index (χ1) is 12.4. The van der Waals surface area contributed by atoms with Crippen molar-refractivity contribution in [2.75, 3.05) is 10.2 Å². The van der Waals surface area contributed by atoms with Gasteiger partial charge in [-0.05, 0) is 41.7 Å². The molecule has 2 aromatic rings. The van der Waals surface area contributed by atoms with Gasteiger partial charge >= 0.3 is 0 Å². The van der Waals surface area contributed by atoms with E-state index in [-0.39, 0.29) is 10.7 Å². The van der Waals surface area contributed by atoms with Crippen LogP contribution in [0.3, 0.4) is 0 Å². The van der Waals surface area contributed by atoms with Gasteiger partial charge in [0.05, 0.1) is 5.69 Å². The van der Waals surface area contributed by atoms with E-state index >= 15 is 0 Å². The van der Waals surface area contributed by atoms with E-state index in [0.29, 0.717) is 11.6 Å². The topological polar surface area (TPSA) is 49.4 Å². The Morgan fingerprint density at radius 3 is 2.27 bits per heavy atom. The van der Waals surface area contributed by atoms with Gasteiger partial charge in [0.2, 0.25) is 0 Å². The van der Waals surface area contributed by atoms with Gasteiger partial charge in [0, 0.05) is 5.69 Å².